The van der Waals surface area contributed by atoms with Crippen molar-refractivity contribution in [1.29, 1.82) is 0 Å². The molecule has 0 saturated carbocycles. The Balaban J connectivity index is 2.33. The quantitative estimate of drug-likeness (QED) is 0.308. The molecule has 0 bridgehead atoms. The van der Waals surface area contributed by atoms with Crippen molar-refractivity contribution in [2.24, 2.45) is 5.92 Å². The van der Waals surface area contributed by atoms with E-state index in [9.17, 15) is 0 Å². The van der Waals surface area contributed by atoms with E-state index in [0.717, 1.165) is 30.7 Å². The number of allylic oxidation sites excluding steroid dienone is 2. The lowest BCUT2D eigenvalue weighted by molar-refractivity contribution is 0.587. The third-order valence-corrected chi connectivity index (χ3v) is 4.25. The van der Waals surface area contributed by atoms with Crippen LogP contribution in [0.25, 0.3) is 0 Å². The zero-order valence-corrected chi connectivity index (χ0v) is 14.3. The summed E-state index contributed by atoms with van der Waals surface area (Å²) >= 11 is 0. The van der Waals surface area contributed by atoms with Crippen LogP contribution < -0.4 is 5.32 Å². The number of benzene rings is 1. The van der Waals surface area contributed by atoms with Gasteiger partial charge in [-0.05, 0) is 36.3 Å². The molecule has 0 fully saturated rings. The van der Waals surface area contributed by atoms with Crippen molar-refractivity contribution in [3.8, 4) is 0 Å². The van der Waals surface area contributed by atoms with E-state index < -0.39 is 0 Å². The van der Waals surface area contributed by atoms with Gasteiger partial charge < -0.3 is 5.32 Å². The van der Waals surface area contributed by atoms with Crippen LogP contribution in [0.15, 0.2) is 67.4 Å². The largest absolute Gasteiger partial charge is 0.385 e. The minimum Gasteiger partial charge on any atom is -0.385 e. The molecule has 0 aliphatic heterocycles. The Bertz CT molecular complexity index is 472. The highest BCUT2D eigenvalue weighted by Gasteiger charge is 2.09. The van der Waals surface area contributed by atoms with Gasteiger partial charge in [0.2, 0.25) is 0 Å². The standard InChI is InChI=1S/C21H31N/c1-6-12-17(3)18(4)19(5)22-16-11-15-20(7-2)21-13-9-8-10-14-21/h7-10,13-14,17,20,22H,2,4-6,11-12,15-16H2,1,3H3. The van der Waals surface area contributed by atoms with E-state index in [2.05, 4.69) is 69.2 Å². The van der Waals surface area contributed by atoms with Crippen molar-refractivity contribution in [2.75, 3.05) is 6.54 Å². The highest BCUT2D eigenvalue weighted by molar-refractivity contribution is 5.25. The SMILES string of the molecule is C=CC(CCCNC(=C)C(=C)C(C)CCC)c1ccccc1. The van der Waals surface area contributed by atoms with Crippen molar-refractivity contribution in [3.63, 3.8) is 0 Å². The molecular weight excluding hydrogens is 266 g/mol. The number of hydrogen-bond donors (Lipinski definition) is 1. The van der Waals surface area contributed by atoms with Gasteiger partial charge in [-0.2, -0.15) is 0 Å². The van der Waals surface area contributed by atoms with Crippen LogP contribution in [-0.4, -0.2) is 6.54 Å². The molecule has 1 heteroatoms. The predicted molar refractivity (Wildman–Crippen MR) is 99.0 cm³/mol. The van der Waals surface area contributed by atoms with Gasteiger partial charge in [-0.3, -0.25) is 0 Å². The molecule has 0 aliphatic carbocycles. The van der Waals surface area contributed by atoms with Crippen molar-refractivity contribution in [1.82, 2.24) is 5.32 Å². The molecule has 1 aromatic carbocycles. The fraction of sp³-hybridized carbons (Fsp3) is 0.429. The molecule has 0 heterocycles. The van der Waals surface area contributed by atoms with Crippen molar-refractivity contribution >= 4 is 0 Å². The predicted octanol–water partition coefficient (Wildman–Crippen LogP) is 5.83. The zero-order valence-electron chi connectivity index (χ0n) is 14.3. The van der Waals surface area contributed by atoms with E-state index in [4.69, 9.17) is 0 Å². The lowest BCUT2D eigenvalue weighted by Crippen LogP contribution is -2.18. The molecule has 22 heavy (non-hydrogen) atoms. The van der Waals surface area contributed by atoms with Crippen LogP contribution in [0.3, 0.4) is 0 Å². The second-order valence-corrected chi connectivity index (χ2v) is 6.02. The van der Waals surface area contributed by atoms with E-state index in [1.54, 1.807) is 0 Å². The Hall–Kier alpha value is -1.76. The molecule has 0 radical (unpaired) electrons. The second kappa shape index (κ2) is 10.0. The monoisotopic (exact) mass is 297 g/mol. The summed E-state index contributed by atoms with van der Waals surface area (Å²) < 4.78 is 0. The van der Waals surface area contributed by atoms with E-state index in [1.807, 2.05) is 6.08 Å². The third kappa shape index (κ3) is 5.93. The van der Waals surface area contributed by atoms with Crippen LogP contribution in [0.4, 0.5) is 0 Å². The van der Waals surface area contributed by atoms with E-state index in [1.165, 1.54) is 18.4 Å². The van der Waals surface area contributed by atoms with Crippen molar-refractivity contribution in [3.05, 3.63) is 73.0 Å². The third-order valence-electron chi connectivity index (χ3n) is 4.25. The van der Waals surface area contributed by atoms with Crippen LogP contribution in [0.2, 0.25) is 0 Å². The first-order valence-electron chi connectivity index (χ1n) is 8.39. The molecule has 1 aromatic rings. The minimum atomic E-state index is 0.429. The van der Waals surface area contributed by atoms with Gasteiger partial charge in [-0.15, -0.1) is 6.58 Å². The first-order valence-corrected chi connectivity index (χ1v) is 8.39. The summed E-state index contributed by atoms with van der Waals surface area (Å²) in [5.41, 5.74) is 3.48. The van der Waals surface area contributed by atoms with Gasteiger partial charge >= 0.3 is 0 Å². The molecule has 120 valence electrons. The van der Waals surface area contributed by atoms with E-state index >= 15 is 0 Å². The summed E-state index contributed by atoms with van der Waals surface area (Å²) in [5.74, 6) is 0.939. The average molecular weight is 297 g/mol. The summed E-state index contributed by atoms with van der Waals surface area (Å²) in [6.07, 6.45) is 6.61. The summed E-state index contributed by atoms with van der Waals surface area (Å²) in [5, 5.41) is 3.42. The van der Waals surface area contributed by atoms with Crippen LogP contribution in [0.1, 0.15) is 51.0 Å². The number of hydrogen-bond acceptors (Lipinski definition) is 1. The van der Waals surface area contributed by atoms with Gasteiger partial charge in [0.1, 0.15) is 0 Å². The molecule has 1 nitrogen and oxygen atoms in total. The Morgan fingerprint density at radius 2 is 1.86 bits per heavy atom. The first-order chi connectivity index (χ1) is 10.6. The Morgan fingerprint density at radius 3 is 2.45 bits per heavy atom. The van der Waals surface area contributed by atoms with Crippen molar-refractivity contribution in [2.45, 2.75) is 45.4 Å². The summed E-state index contributed by atoms with van der Waals surface area (Å²) in [4.78, 5) is 0. The van der Waals surface area contributed by atoms with Gasteiger partial charge in [0.25, 0.3) is 0 Å². The van der Waals surface area contributed by atoms with Gasteiger partial charge in [-0.25, -0.2) is 0 Å². The Kier molecular flexibility index (Phi) is 8.35. The summed E-state index contributed by atoms with van der Waals surface area (Å²) in [6, 6.07) is 10.6. The summed E-state index contributed by atoms with van der Waals surface area (Å²) in [6.45, 7) is 17.6. The van der Waals surface area contributed by atoms with E-state index in [0.29, 0.717) is 11.8 Å². The smallest absolute Gasteiger partial charge is 0.0296 e. The van der Waals surface area contributed by atoms with Crippen LogP contribution >= 0.6 is 0 Å². The summed E-state index contributed by atoms with van der Waals surface area (Å²) in [7, 11) is 0. The van der Waals surface area contributed by atoms with Gasteiger partial charge in [0, 0.05) is 18.2 Å². The van der Waals surface area contributed by atoms with Gasteiger partial charge in [-0.1, -0.05) is 69.8 Å². The molecule has 2 atom stereocenters. The molecule has 1 rings (SSSR count). The highest BCUT2D eigenvalue weighted by Crippen LogP contribution is 2.22. The second-order valence-electron chi connectivity index (χ2n) is 6.02. The zero-order chi connectivity index (χ0) is 16.4. The van der Waals surface area contributed by atoms with Gasteiger partial charge in [0.15, 0.2) is 0 Å². The van der Waals surface area contributed by atoms with Crippen molar-refractivity contribution < 1.29 is 0 Å². The molecule has 1 N–H and O–H groups in total. The average Bonchev–Trinajstić information content (AvgIpc) is 2.55. The van der Waals surface area contributed by atoms with Crippen LogP contribution in [-0.2, 0) is 0 Å². The molecule has 0 aliphatic rings. The number of rotatable bonds is 11. The van der Waals surface area contributed by atoms with Crippen LogP contribution in [0.5, 0.6) is 0 Å². The Morgan fingerprint density at radius 1 is 1.18 bits per heavy atom. The van der Waals surface area contributed by atoms with Crippen LogP contribution in [0, 0.1) is 5.92 Å². The minimum absolute atomic E-state index is 0.429. The maximum atomic E-state index is 4.17. The van der Waals surface area contributed by atoms with E-state index in [-0.39, 0.29) is 0 Å². The molecular formula is C21H31N. The van der Waals surface area contributed by atoms with Gasteiger partial charge in [0.05, 0.1) is 0 Å². The highest BCUT2D eigenvalue weighted by atomic mass is 14.9. The Labute approximate surface area is 136 Å². The fourth-order valence-electron chi connectivity index (χ4n) is 2.70. The molecule has 0 spiro atoms. The molecule has 0 amide bonds. The maximum Gasteiger partial charge on any atom is 0.0296 e. The maximum absolute atomic E-state index is 4.17. The normalized spacial score (nSPS) is 13.2. The molecule has 2 unspecified atom stereocenters. The number of nitrogens with one attached hydrogen (secondary N) is 1. The first kappa shape index (κ1) is 18.3. The topological polar surface area (TPSA) is 12.0 Å². The fourth-order valence-corrected chi connectivity index (χ4v) is 2.70. The lowest BCUT2D eigenvalue weighted by atomic mass is 9.94. The molecule has 0 aromatic heterocycles. The molecule has 0 saturated heterocycles. The lowest BCUT2D eigenvalue weighted by Gasteiger charge is -2.18.